The number of halogens is 1. The molecule has 0 radical (unpaired) electrons. The number of carbonyl (C=O) groups is 2. The van der Waals surface area contributed by atoms with Gasteiger partial charge in [0.25, 0.3) is 0 Å². The average molecular weight is 526 g/mol. The first-order chi connectivity index (χ1) is 17.2. The number of carbonyl (C=O) groups excluding carboxylic acids is 2. The smallest absolute Gasteiger partial charge is 0.178 e. The van der Waals surface area contributed by atoms with E-state index >= 15 is 0 Å². The van der Waals surface area contributed by atoms with Crippen LogP contribution in [0.15, 0.2) is 47.7 Å². The largest absolute Gasteiger partial charge is 0.381 e. The Kier molecular flexibility index (Phi) is 6.91. The first-order valence-electron chi connectivity index (χ1n) is 13.8. The molecular weight excluding hydrogens is 486 g/mol. The Bertz CT molecular complexity index is 1130. The summed E-state index contributed by atoms with van der Waals surface area (Å²) in [5.41, 5.74) is 1.08. The maximum Gasteiger partial charge on any atom is 0.178 e. The molecule has 0 amide bonds. The number of piperazine rings is 1. The second-order valence-electron chi connectivity index (χ2n) is 12.3. The van der Waals surface area contributed by atoms with E-state index in [2.05, 4.69) is 34.7 Å². The van der Waals surface area contributed by atoms with Crippen molar-refractivity contribution in [1.82, 2.24) is 9.88 Å². The summed E-state index contributed by atoms with van der Waals surface area (Å²) in [7, 11) is 0. The van der Waals surface area contributed by atoms with Crippen molar-refractivity contribution in [3.05, 3.63) is 47.7 Å². The van der Waals surface area contributed by atoms with E-state index in [0.29, 0.717) is 31.2 Å². The van der Waals surface area contributed by atoms with E-state index in [1.54, 1.807) is 0 Å². The van der Waals surface area contributed by atoms with Gasteiger partial charge in [0.1, 0.15) is 11.4 Å². The van der Waals surface area contributed by atoms with E-state index in [1.165, 1.54) is 11.1 Å². The third-order valence-corrected chi connectivity index (χ3v) is 10.7. The predicted molar refractivity (Wildman–Crippen MR) is 147 cm³/mol. The van der Waals surface area contributed by atoms with Crippen molar-refractivity contribution < 1.29 is 14.7 Å². The van der Waals surface area contributed by atoms with Crippen LogP contribution in [-0.2, 0) is 9.59 Å². The minimum absolute atomic E-state index is 0. The Morgan fingerprint density at radius 3 is 2.62 bits per heavy atom. The van der Waals surface area contributed by atoms with Gasteiger partial charge >= 0.3 is 0 Å². The van der Waals surface area contributed by atoms with Crippen LogP contribution in [-0.4, -0.2) is 64.9 Å². The van der Waals surface area contributed by atoms with E-state index in [4.69, 9.17) is 0 Å². The number of nitrogens with zero attached hydrogens (tertiary/aromatic N) is 3. The summed E-state index contributed by atoms with van der Waals surface area (Å²) in [5.74, 6) is 1.98. The molecule has 1 saturated heterocycles. The number of hydrogen-bond donors (Lipinski definition) is 1. The molecule has 3 fully saturated rings. The summed E-state index contributed by atoms with van der Waals surface area (Å²) in [6.45, 7) is 8.11. The minimum Gasteiger partial charge on any atom is -0.381 e. The Hall–Kier alpha value is -2.02. The fraction of sp³-hybridized carbons (Fsp3) is 0.633. The molecule has 1 aromatic rings. The number of allylic oxidation sites excluding steroid dienone is 4. The lowest BCUT2D eigenvalue weighted by Gasteiger charge is -2.54. The van der Waals surface area contributed by atoms with Gasteiger partial charge in [-0.1, -0.05) is 37.1 Å². The van der Waals surface area contributed by atoms with Crippen LogP contribution in [0.1, 0.15) is 58.8 Å². The number of fused-ring (bicyclic) bond motifs is 5. The zero-order valence-electron chi connectivity index (χ0n) is 22.1. The highest BCUT2D eigenvalue weighted by Gasteiger charge is 2.64. The summed E-state index contributed by atoms with van der Waals surface area (Å²) < 4.78 is 0. The maximum atomic E-state index is 13.7. The molecule has 1 aromatic heterocycles. The number of anilines is 1. The predicted octanol–water partition coefficient (Wildman–Crippen LogP) is 4.38. The molecule has 37 heavy (non-hydrogen) atoms. The van der Waals surface area contributed by atoms with Gasteiger partial charge in [-0.3, -0.25) is 14.5 Å². The van der Waals surface area contributed by atoms with Crippen LogP contribution in [0.25, 0.3) is 0 Å². The number of Topliss-reactive ketones (excluding diaryl/α,β-unsaturated/α-hetero) is 1. The van der Waals surface area contributed by atoms with Gasteiger partial charge in [-0.2, -0.15) is 0 Å². The second-order valence-corrected chi connectivity index (χ2v) is 12.3. The van der Waals surface area contributed by atoms with E-state index in [0.717, 1.165) is 64.1 Å². The molecule has 0 unspecified atom stereocenters. The molecule has 1 aliphatic heterocycles. The average Bonchev–Trinajstić information content (AvgIpc) is 3.17. The molecule has 1 N–H and O–H groups in total. The molecule has 5 aliphatic rings. The molecule has 0 bridgehead atoms. The lowest BCUT2D eigenvalue weighted by molar-refractivity contribution is -0.154. The standard InChI is InChI=1S/C30H39N3O3.ClH/c1-28-11-8-22(34)19-21(28)6-7-23-24(28)9-12-29(2)25(23)10-13-30(29,36)26(35)20-32-15-17-33(18-16-32)27-5-3-4-14-31-27;/h3-5,9,14,19,23,25,36H,6-8,10-13,15-18,20H2,1-2H3;1H/t23-,25+,28+,29+,30+;/m1./s1. The molecule has 6 rings (SSSR count). The van der Waals surface area contributed by atoms with Crippen LogP contribution in [0.4, 0.5) is 5.82 Å². The van der Waals surface area contributed by atoms with Crippen LogP contribution < -0.4 is 4.90 Å². The Balaban J connectivity index is 0.00000280. The van der Waals surface area contributed by atoms with Crippen LogP contribution >= 0.6 is 12.4 Å². The Labute approximate surface area is 226 Å². The van der Waals surface area contributed by atoms with Crippen molar-refractivity contribution in [2.24, 2.45) is 22.7 Å². The highest BCUT2D eigenvalue weighted by atomic mass is 35.5. The minimum atomic E-state index is -1.27. The highest BCUT2D eigenvalue weighted by Crippen LogP contribution is 2.65. The fourth-order valence-electron chi connectivity index (χ4n) is 8.34. The van der Waals surface area contributed by atoms with Gasteiger partial charge in [-0.15, -0.1) is 12.4 Å². The lowest BCUT2D eigenvalue weighted by Crippen LogP contribution is -2.58. The van der Waals surface area contributed by atoms with Gasteiger partial charge in [-0.05, 0) is 68.6 Å². The third kappa shape index (κ3) is 4.11. The van der Waals surface area contributed by atoms with Crippen molar-refractivity contribution >= 4 is 29.8 Å². The van der Waals surface area contributed by atoms with Crippen LogP contribution in [0.3, 0.4) is 0 Å². The van der Waals surface area contributed by atoms with Crippen LogP contribution in [0, 0.1) is 22.7 Å². The van der Waals surface area contributed by atoms with E-state index in [1.807, 2.05) is 30.5 Å². The SMILES string of the molecule is C[C@]12CCC(=O)C=C1CC[C@@H]1C2=CC[C@@]2(C)[C@H]1CC[C@]2(O)C(=O)CN1CCN(c2ccccn2)CC1.Cl. The molecule has 2 heterocycles. The Morgan fingerprint density at radius 1 is 1.11 bits per heavy atom. The maximum absolute atomic E-state index is 13.7. The number of pyridine rings is 1. The lowest BCUT2D eigenvalue weighted by atomic mass is 9.50. The van der Waals surface area contributed by atoms with Crippen LogP contribution in [0.2, 0.25) is 0 Å². The number of rotatable bonds is 4. The highest BCUT2D eigenvalue weighted by molar-refractivity contribution is 5.92. The number of hydrogen-bond acceptors (Lipinski definition) is 6. The van der Waals surface area contributed by atoms with Gasteiger partial charge in [0.2, 0.25) is 0 Å². The summed E-state index contributed by atoms with van der Waals surface area (Å²) in [5, 5.41) is 12.0. The normalized spacial score (nSPS) is 37.5. The summed E-state index contributed by atoms with van der Waals surface area (Å²) in [6.07, 6.45) is 11.8. The molecule has 0 aromatic carbocycles. The van der Waals surface area contributed by atoms with Crippen molar-refractivity contribution in [3.63, 3.8) is 0 Å². The van der Waals surface area contributed by atoms with Crippen LogP contribution in [0.5, 0.6) is 0 Å². The zero-order chi connectivity index (χ0) is 25.1. The molecule has 0 spiro atoms. The zero-order valence-corrected chi connectivity index (χ0v) is 22.9. The second kappa shape index (κ2) is 9.62. The number of aliphatic hydroxyl groups is 1. The monoisotopic (exact) mass is 525 g/mol. The summed E-state index contributed by atoms with van der Waals surface area (Å²) in [6, 6.07) is 5.97. The number of ketones is 2. The van der Waals surface area contributed by atoms with Gasteiger partial charge in [-0.25, -0.2) is 4.98 Å². The number of aromatic nitrogens is 1. The van der Waals surface area contributed by atoms with Gasteiger partial charge in [0.15, 0.2) is 11.6 Å². The van der Waals surface area contributed by atoms with Crippen molar-refractivity contribution in [2.75, 3.05) is 37.6 Å². The Morgan fingerprint density at radius 2 is 1.89 bits per heavy atom. The summed E-state index contributed by atoms with van der Waals surface area (Å²) in [4.78, 5) is 34.8. The third-order valence-electron chi connectivity index (χ3n) is 10.7. The van der Waals surface area contributed by atoms with Gasteiger partial charge < -0.3 is 10.0 Å². The first kappa shape index (κ1) is 26.6. The van der Waals surface area contributed by atoms with E-state index in [-0.39, 0.29) is 29.4 Å². The van der Waals surface area contributed by atoms with E-state index < -0.39 is 11.0 Å². The molecule has 5 atom stereocenters. The molecule has 2 saturated carbocycles. The summed E-state index contributed by atoms with van der Waals surface area (Å²) >= 11 is 0. The van der Waals surface area contributed by atoms with Crippen molar-refractivity contribution in [3.8, 4) is 0 Å². The van der Waals surface area contributed by atoms with Crippen molar-refractivity contribution in [2.45, 2.75) is 64.4 Å². The topological polar surface area (TPSA) is 73.7 Å². The first-order valence-corrected chi connectivity index (χ1v) is 13.8. The molecule has 200 valence electrons. The van der Waals surface area contributed by atoms with Crippen molar-refractivity contribution in [1.29, 1.82) is 0 Å². The van der Waals surface area contributed by atoms with E-state index in [9.17, 15) is 14.7 Å². The molecule has 7 heteroatoms. The van der Waals surface area contributed by atoms with Gasteiger partial charge in [0.05, 0.1) is 6.54 Å². The molecule has 6 nitrogen and oxygen atoms in total. The molecular formula is C30H40ClN3O3. The van der Waals surface area contributed by atoms with Gasteiger partial charge in [0, 0.05) is 49.6 Å². The fourth-order valence-corrected chi connectivity index (χ4v) is 8.34. The molecule has 4 aliphatic carbocycles. The quantitative estimate of drug-likeness (QED) is 0.588.